The molecule has 18 heavy (non-hydrogen) atoms. The molecule has 3 nitrogen and oxygen atoms in total. The van der Waals surface area contributed by atoms with E-state index in [1.807, 2.05) is 12.1 Å². The molecule has 0 atom stereocenters. The minimum absolute atomic E-state index is 0.464. The predicted molar refractivity (Wildman–Crippen MR) is 76.2 cm³/mol. The Labute approximate surface area is 110 Å². The van der Waals surface area contributed by atoms with Gasteiger partial charge in [-0.3, -0.25) is 0 Å². The van der Waals surface area contributed by atoms with Crippen molar-refractivity contribution in [2.45, 2.75) is 52.6 Å². The van der Waals surface area contributed by atoms with Gasteiger partial charge >= 0.3 is 0 Å². The first kappa shape index (κ1) is 15.0. The zero-order valence-corrected chi connectivity index (χ0v) is 12.0. The molecule has 0 radical (unpaired) electrons. The lowest BCUT2D eigenvalue weighted by Crippen LogP contribution is -2.35. The van der Waals surface area contributed by atoms with E-state index in [4.69, 9.17) is 5.73 Å². The summed E-state index contributed by atoms with van der Waals surface area (Å²) in [7, 11) is 0. The Hall–Kier alpha value is -1.09. The minimum Gasteiger partial charge on any atom is -0.390 e. The van der Waals surface area contributed by atoms with Gasteiger partial charge in [-0.1, -0.05) is 33.8 Å². The van der Waals surface area contributed by atoms with Crippen molar-refractivity contribution in [2.24, 2.45) is 11.8 Å². The molecule has 0 bridgehead atoms. The summed E-state index contributed by atoms with van der Waals surface area (Å²) in [5.74, 6) is 1.46. The lowest BCUT2D eigenvalue weighted by atomic mass is 9.81. The molecule has 0 unspecified atom stereocenters. The van der Waals surface area contributed by atoms with Crippen molar-refractivity contribution in [2.75, 3.05) is 5.73 Å². The SMILES string of the molecule is CC(C)CC(O)(Cc1cccnc1N)CC(C)C. The molecule has 3 N–H and O–H groups in total. The fraction of sp³-hybridized carbons (Fsp3) is 0.667. The van der Waals surface area contributed by atoms with Crippen LogP contribution in [0, 0.1) is 11.8 Å². The monoisotopic (exact) mass is 250 g/mol. The van der Waals surface area contributed by atoms with E-state index in [0.29, 0.717) is 24.1 Å². The van der Waals surface area contributed by atoms with Crippen molar-refractivity contribution in [1.82, 2.24) is 4.98 Å². The highest BCUT2D eigenvalue weighted by atomic mass is 16.3. The summed E-state index contributed by atoms with van der Waals surface area (Å²) in [5.41, 5.74) is 6.13. The molecule has 1 rings (SSSR count). The van der Waals surface area contributed by atoms with Crippen molar-refractivity contribution < 1.29 is 5.11 Å². The Balaban J connectivity index is 2.87. The standard InChI is InChI=1S/C15H26N2O/c1-11(2)8-15(18,9-12(3)4)10-13-6-5-7-17-14(13)16/h5-7,11-12,18H,8-10H2,1-4H3,(H2,16,17). The van der Waals surface area contributed by atoms with E-state index in [1.165, 1.54) is 0 Å². The van der Waals surface area contributed by atoms with Gasteiger partial charge in [-0.05, 0) is 36.3 Å². The molecule has 0 aliphatic heterocycles. The molecule has 1 aromatic heterocycles. The first-order chi connectivity index (χ1) is 8.32. The Morgan fingerprint density at radius 1 is 1.22 bits per heavy atom. The third kappa shape index (κ3) is 4.65. The van der Waals surface area contributed by atoms with E-state index < -0.39 is 5.60 Å². The van der Waals surface area contributed by atoms with Crippen molar-refractivity contribution in [3.8, 4) is 0 Å². The number of nitrogens with two attached hydrogens (primary N) is 1. The summed E-state index contributed by atoms with van der Waals surface area (Å²) in [4.78, 5) is 4.09. The Kier molecular flexibility index (Phi) is 5.15. The molecular weight excluding hydrogens is 224 g/mol. The second kappa shape index (κ2) is 6.19. The van der Waals surface area contributed by atoms with Crippen molar-refractivity contribution in [3.05, 3.63) is 23.9 Å². The van der Waals surface area contributed by atoms with Gasteiger partial charge < -0.3 is 10.8 Å². The maximum atomic E-state index is 10.8. The normalized spacial score (nSPS) is 12.4. The largest absolute Gasteiger partial charge is 0.390 e. The van der Waals surface area contributed by atoms with Crippen LogP contribution in [0.3, 0.4) is 0 Å². The first-order valence-electron chi connectivity index (χ1n) is 6.74. The highest BCUT2D eigenvalue weighted by molar-refractivity contribution is 5.39. The van der Waals surface area contributed by atoms with E-state index in [0.717, 1.165) is 18.4 Å². The van der Waals surface area contributed by atoms with Crippen LogP contribution in [0.4, 0.5) is 5.82 Å². The van der Waals surface area contributed by atoms with Gasteiger partial charge in [0.15, 0.2) is 0 Å². The summed E-state index contributed by atoms with van der Waals surface area (Å²) < 4.78 is 0. The molecule has 0 fully saturated rings. The summed E-state index contributed by atoms with van der Waals surface area (Å²) in [6.07, 6.45) is 3.85. The number of pyridine rings is 1. The van der Waals surface area contributed by atoms with Gasteiger partial charge in [0.25, 0.3) is 0 Å². The maximum Gasteiger partial charge on any atom is 0.126 e. The van der Waals surface area contributed by atoms with Crippen LogP contribution in [0.5, 0.6) is 0 Å². The first-order valence-corrected chi connectivity index (χ1v) is 6.74. The van der Waals surface area contributed by atoms with Crippen LogP contribution < -0.4 is 5.73 Å². The lowest BCUT2D eigenvalue weighted by molar-refractivity contribution is 0.000821. The molecule has 102 valence electrons. The number of hydrogen-bond donors (Lipinski definition) is 2. The fourth-order valence-corrected chi connectivity index (χ4v) is 2.70. The van der Waals surface area contributed by atoms with Gasteiger partial charge in [0.05, 0.1) is 5.60 Å². The quantitative estimate of drug-likeness (QED) is 0.816. The number of anilines is 1. The minimum atomic E-state index is -0.681. The molecule has 0 saturated carbocycles. The zero-order valence-electron chi connectivity index (χ0n) is 12.0. The third-order valence-electron chi connectivity index (χ3n) is 3.02. The van der Waals surface area contributed by atoms with E-state index in [2.05, 4.69) is 32.7 Å². The van der Waals surface area contributed by atoms with Gasteiger partial charge in [0.2, 0.25) is 0 Å². The van der Waals surface area contributed by atoms with Crippen LogP contribution >= 0.6 is 0 Å². The number of aromatic nitrogens is 1. The van der Waals surface area contributed by atoms with Gasteiger partial charge in [0, 0.05) is 12.6 Å². The van der Waals surface area contributed by atoms with E-state index in [9.17, 15) is 5.11 Å². The summed E-state index contributed by atoms with van der Waals surface area (Å²) in [6.45, 7) is 8.55. The van der Waals surface area contributed by atoms with Crippen LogP contribution in [-0.4, -0.2) is 15.7 Å². The average molecular weight is 250 g/mol. The highest BCUT2D eigenvalue weighted by Gasteiger charge is 2.30. The predicted octanol–water partition coefficient (Wildman–Crippen LogP) is 3.03. The van der Waals surface area contributed by atoms with Crippen LogP contribution in [0.2, 0.25) is 0 Å². The molecule has 1 heterocycles. The zero-order chi connectivity index (χ0) is 13.8. The van der Waals surface area contributed by atoms with E-state index in [1.54, 1.807) is 6.20 Å². The van der Waals surface area contributed by atoms with Crippen molar-refractivity contribution in [3.63, 3.8) is 0 Å². The number of rotatable bonds is 6. The molecule has 3 heteroatoms. The summed E-state index contributed by atoms with van der Waals surface area (Å²) in [6, 6.07) is 3.82. The number of nitrogens with zero attached hydrogens (tertiary/aromatic N) is 1. The Bertz CT molecular complexity index is 365. The second-order valence-corrected chi connectivity index (χ2v) is 6.14. The fourth-order valence-electron chi connectivity index (χ4n) is 2.70. The molecule has 1 aromatic rings. The van der Waals surface area contributed by atoms with Crippen LogP contribution in [0.1, 0.15) is 46.1 Å². The number of aliphatic hydroxyl groups is 1. The molecule has 0 saturated heterocycles. The topological polar surface area (TPSA) is 59.1 Å². The van der Waals surface area contributed by atoms with Crippen molar-refractivity contribution >= 4 is 5.82 Å². The van der Waals surface area contributed by atoms with Crippen LogP contribution in [0.25, 0.3) is 0 Å². The van der Waals surface area contributed by atoms with Gasteiger partial charge in [-0.25, -0.2) is 4.98 Å². The molecule has 0 aromatic carbocycles. The molecule has 0 aliphatic carbocycles. The van der Waals surface area contributed by atoms with E-state index >= 15 is 0 Å². The maximum absolute atomic E-state index is 10.8. The number of nitrogen functional groups attached to an aromatic ring is 1. The average Bonchev–Trinajstić information content (AvgIpc) is 2.18. The molecular formula is C15H26N2O. The number of hydrogen-bond acceptors (Lipinski definition) is 3. The van der Waals surface area contributed by atoms with Gasteiger partial charge in [0.1, 0.15) is 5.82 Å². The van der Waals surface area contributed by atoms with E-state index in [-0.39, 0.29) is 0 Å². The molecule has 0 amide bonds. The summed E-state index contributed by atoms with van der Waals surface area (Å²) >= 11 is 0. The van der Waals surface area contributed by atoms with Crippen LogP contribution in [0.15, 0.2) is 18.3 Å². The lowest BCUT2D eigenvalue weighted by Gasteiger charge is -2.32. The van der Waals surface area contributed by atoms with Crippen LogP contribution in [-0.2, 0) is 6.42 Å². The Morgan fingerprint density at radius 3 is 2.22 bits per heavy atom. The van der Waals surface area contributed by atoms with Crippen molar-refractivity contribution in [1.29, 1.82) is 0 Å². The van der Waals surface area contributed by atoms with Gasteiger partial charge in [-0.2, -0.15) is 0 Å². The smallest absolute Gasteiger partial charge is 0.126 e. The Morgan fingerprint density at radius 2 is 1.78 bits per heavy atom. The molecule has 0 spiro atoms. The second-order valence-electron chi connectivity index (χ2n) is 6.14. The molecule has 0 aliphatic rings. The summed E-state index contributed by atoms with van der Waals surface area (Å²) in [5, 5.41) is 10.8. The van der Waals surface area contributed by atoms with Gasteiger partial charge in [-0.15, -0.1) is 0 Å². The third-order valence-corrected chi connectivity index (χ3v) is 3.02. The highest BCUT2D eigenvalue weighted by Crippen LogP contribution is 2.29.